The number of rotatable bonds is 7. The molecular formula is C20H26FN3O2S2. The minimum atomic E-state index is -0.342. The quantitative estimate of drug-likeness (QED) is 0.641. The molecule has 0 unspecified atom stereocenters. The summed E-state index contributed by atoms with van der Waals surface area (Å²) in [4.78, 5) is 15.3. The molecule has 2 aromatic rings. The molecule has 2 atom stereocenters. The third-order valence-electron chi connectivity index (χ3n) is 4.32. The van der Waals surface area contributed by atoms with Crippen molar-refractivity contribution in [3.05, 3.63) is 46.4 Å². The molecule has 3 rings (SSSR count). The van der Waals surface area contributed by atoms with Crippen LogP contribution in [-0.4, -0.2) is 43.6 Å². The van der Waals surface area contributed by atoms with Crippen molar-refractivity contribution in [3.8, 4) is 0 Å². The predicted octanol–water partition coefficient (Wildman–Crippen LogP) is 4.56. The highest BCUT2D eigenvalue weighted by Gasteiger charge is 2.24. The van der Waals surface area contributed by atoms with Gasteiger partial charge < -0.3 is 20.3 Å². The largest absolute Gasteiger partial charge is 0.372 e. The van der Waals surface area contributed by atoms with Gasteiger partial charge in [0.25, 0.3) is 0 Å². The highest BCUT2D eigenvalue weighted by molar-refractivity contribution is 7.98. The highest BCUT2D eigenvalue weighted by atomic mass is 32.2. The smallest absolute Gasteiger partial charge is 0.319 e. The van der Waals surface area contributed by atoms with Crippen LogP contribution in [0.4, 0.5) is 20.6 Å². The Morgan fingerprint density at radius 2 is 2.11 bits per heavy atom. The van der Waals surface area contributed by atoms with Crippen LogP contribution in [0.2, 0.25) is 0 Å². The molecule has 1 aliphatic heterocycles. The molecule has 2 amide bonds. The number of ether oxygens (including phenoxy) is 1. The van der Waals surface area contributed by atoms with Gasteiger partial charge in [0.1, 0.15) is 5.82 Å². The number of hydrogen-bond donors (Lipinski definition) is 2. The van der Waals surface area contributed by atoms with E-state index in [4.69, 9.17) is 4.74 Å². The Labute approximate surface area is 173 Å². The van der Waals surface area contributed by atoms with Gasteiger partial charge in [0.05, 0.1) is 17.9 Å². The molecule has 1 fully saturated rings. The molecule has 1 saturated heterocycles. The van der Waals surface area contributed by atoms with E-state index in [2.05, 4.69) is 22.1 Å². The molecule has 1 aromatic heterocycles. The zero-order valence-electron chi connectivity index (χ0n) is 16.1. The molecule has 0 radical (unpaired) electrons. The van der Waals surface area contributed by atoms with E-state index in [1.807, 2.05) is 24.8 Å². The number of nitrogens with zero attached hydrogens (tertiary/aromatic N) is 1. The number of morpholine rings is 1. The highest BCUT2D eigenvalue weighted by Crippen LogP contribution is 2.26. The van der Waals surface area contributed by atoms with Crippen LogP contribution in [0, 0.1) is 5.82 Å². The average molecular weight is 424 g/mol. The lowest BCUT2D eigenvalue weighted by atomic mass is 10.2. The Bertz CT molecular complexity index is 763. The number of carbonyl (C=O) groups excluding carboxylic acids is 1. The summed E-state index contributed by atoms with van der Waals surface area (Å²) in [5, 5.41) is 7.56. The lowest BCUT2D eigenvalue weighted by Gasteiger charge is -2.37. The standard InChI is InChI=1S/C20H26FN3O2S2/c1-14-11-24(12-15(2)26-14)19-6-5-16(10-18(19)21)23-20(25)22-7-9-27-13-17-4-3-8-28-17/h3-6,8,10,14-15H,7,9,11-13H2,1-2H3,(H2,22,23,25)/t14-,15-/m0/s1. The van der Waals surface area contributed by atoms with Gasteiger partial charge in [-0.25, -0.2) is 9.18 Å². The lowest BCUT2D eigenvalue weighted by molar-refractivity contribution is -0.00539. The van der Waals surface area contributed by atoms with E-state index in [9.17, 15) is 9.18 Å². The van der Waals surface area contributed by atoms with Crippen molar-refractivity contribution in [1.29, 1.82) is 0 Å². The predicted molar refractivity (Wildman–Crippen MR) is 116 cm³/mol. The van der Waals surface area contributed by atoms with E-state index < -0.39 is 0 Å². The maximum atomic E-state index is 14.6. The maximum Gasteiger partial charge on any atom is 0.319 e. The average Bonchev–Trinajstić information content (AvgIpc) is 3.14. The van der Waals surface area contributed by atoms with Gasteiger partial charge in [-0.05, 0) is 43.5 Å². The zero-order chi connectivity index (χ0) is 19.9. The summed E-state index contributed by atoms with van der Waals surface area (Å²) >= 11 is 3.51. The Hall–Kier alpha value is -1.77. The van der Waals surface area contributed by atoms with Gasteiger partial charge in [-0.2, -0.15) is 11.8 Å². The van der Waals surface area contributed by atoms with Crippen LogP contribution in [0.3, 0.4) is 0 Å². The fraction of sp³-hybridized carbons (Fsp3) is 0.450. The second kappa shape index (κ2) is 10.1. The number of thiophene rings is 1. The SMILES string of the molecule is C[C@H]1CN(c2ccc(NC(=O)NCCSCc3cccs3)cc2F)C[C@H](C)O1. The van der Waals surface area contributed by atoms with E-state index >= 15 is 0 Å². The minimum Gasteiger partial charge on any atom is -0.372 e. The van der Waals surface area contributed by atoms with E-state index in [1.54, 1.807) is 35.2 Å². The Morgan fingerprint density at radius 3 is 2.79 bits per heavy atom. The van der Waals surface area contributed by atoms with Gasteiger partial charge in [0.15, 0.2) is 0 Å². The number of nitrogens with one attached hydrogen (secondary N) is 2. The number of urea groups is 1. The van der Waals surface area contributed by atoms with Crippen molar-refractivity contribution in [2.45, 2.75) is 31.8 Å². The molecule has 0 saturated carbocycles. The molecule has 0 aliphatic carbocycles. The van der Waals surface area contributed by atoms with Crippen LogP contribution < -0.4 is 15.5 Å². The lowest BCUT2D eigenvalue weighted by Crippen LogP contribution is -2.45. The fourth-order valence-electron chi connectivity index (χ4n) is 3.20. The van der Waals surface area contributed by atoms with Crippen LogP contribution in [0.1, 0.15) is 18.7 Å². The Balaban J connectivity index is 1.43. The number of benzene rings is 1. The summed E-state index contributed by atoms with van der Waals surface area (Å²) in [6.07, 6.45) is 0.119. The Morgan fingerprint density at radius 1 is 1.32 bits per heavy atom. The fourth-order valence-corrected chi connectivity index (χ4v) is 4.89. The van der Waals surface area contributed by atoms with E-state index in [-0.39, 0.29) is 24.1 Å². The summed E-state index contributed by atoms with van der Waals surface area (Å²) in [6, 6.07) is 8.63. The zero-order valence-corrected chi connectivity index (χ0v) is 17.7. The van der Waals surface area contributed by atoms with Crippen molar-refractivity contribution in [1.82, 2.24) is 5.32 Å². The molecular weight excluding hydrogens is 397 g/mol. The van der Waals surface area contributed by atoms with Crippen molar-refractivity contribution in [2.75, 3.05) is 35.6 Å². The maximum absolute atomic E-state index is 14.6. The first kappa shape index (κ1) is 21.0. The second-order valence-electron chi connectivity index (χ2n) is 6.84. The summed E-state index contributed by atoms with van der Waals surface area (Å²) in [6.45, 7) is 5.83. The van der Waals surface area contributed by atoms with Crippen LogP contribution >= 0.6 is 23.1 Å². The molecule has 8 heteroatoms. The van der Waals surface area contributed by atoms with Crippen molar-refractivity contribution < 1.29 is 13.9 Å². The van der Waals surface area contributed by atoms with E-state index in [0.29, 0.717) is 31.0 Å². The normalized spacial score (nSPS) is 19.5. The summed E-state index contributed by atoms with van der Waals surface area (Å²) < 4.78 is 20.3. The van der Waals surface area contributed by atoms with Gasteiger partial charge in [0, 0.05) is 41.7 Å². The Kier molecular flexibility index (Phi) is 7.58. The van der Waals surface area contributed by atoms with Gasteiger partial charge in [-0.1, -0.05) is 6.07 Å². The molecule has 2 N–H and O–H groups in total. The first-order chi connectivity index (χ1) is 13.5. The molecule has 0 spiro atoms. The van der Waals surface area contributed by atoms with Crippen molar-refractivity contribution >= 4 is 40.5 Å². The molecule has 0 bridgehead atoms. The topological polar surface area (TPSA) is 53.6 Å². The summed E-state index contributed by atoms with van der Waals surface area (Å²) in [5.74, 6) is 1.43. The molecule has 1 aromatic carbocycles. The number of thioether (sulfide) groups is 1. The second-order valence-corrected chi connectivity index (χ2v) is 8.98. The van der Waals surface area contributed by atoms with Crippen molar-refractivity contribution in [3.63, 3.8) is 0 Å². The first-order valence-electron chi connectivity index (χ1n) is 9.36. The van der Waals surface area contributed by atoms with Gasteiger partial charge >= 0.3 is 6.03 Å². The number of hydrogen-bond acceptors (Lipinski definition) is 5. The number of anilines is 2. The van der Waals surface area contributed by atoms with E-state index in [0.717, 1.165) is 11.5 Å². The van der Waals surface area contributed by atoms with Crippen LogP contribution in [0.25, 0.3) is 0 Å². The van der Waals surface area contributed by atoms with Crippen LogP contribution in [-0.2, 0) is 10.5 Å². The van der Waals surface area contributed by atoms with Crippen LogP contribution in [0.15, 0.2) is 35.7 Å². The molecule has 5 nitrogen and oxygen atoms in total. The number of amides is 2. The van der Waals surface area contributed by atoms with Gasteiger partial charge in [-0.3, -0.25) is 0 Å². The van der Waals surface area contributed by atoms with Crippen LogP contribution in [0.5, 0.6) is 0 Å². The molecule has 2 heterocycles. The molecule has 152 valence electrons. The minimum absolute atomic E-state index is 0.0596. The monoisotopic (exact) mass is 423 g/mol. The third-order valence-corrected chi connectivity index (χ3v) is 6.39. The number of carbonyl (C=O) groups is 1. The summed E-state index contributed by atoms with van der Waals surface area (Å²) in [5.41, 5.74) is 0.984. The molecule has 1 aliphatic rings. The van der Waals surface area contributed by atoms with Gasteiger partial charge in [0.2, 0.25) is 0 Å². The van der Waals surface area contributed by atoms with E-state index in [1.165, 1.54) is 10.9 Å². The summed E-state index contributed by atoms with van der Waals surface area (Å²) in [7, 11) is 0. The van der Waals surface area contributed by atoms with Gasteiger partial charge in [-0.15, -0.1) is 11.3 Å². The third kappa shape index (κ3) is 6.12. The molecule has 28 heavy (non-hydrogen) atoms. The number of halogens is 1. The first-order valence-corrected chi connectivity index (χ1v) is 11.4. The van der Waals surface area contributed by atoms with Crippen molar-refractivity contribution in [2.24, 2.45) is 0 Å².